The number of aromatic nitrogens is 1. The van der Waals surface area contributed by atoms with E-state index in [0.29, 0.717) is 23.7 Å². The zero-order chi connectivity index (χ0) is 14.3. The lowest BCUT2D eigenvalue weighted by Gasteiger charge is -2.03. The Kier molecular flexibility index (Phi) is 3.06. The normalized spacial score (nSPS) is 15.2. The van der Waals surface area contributed by atoms with Crippen LogP contribution in [0.1, 0.15) is 12.8 Å². The minimum Gasteiger partial charge on any atom is -0.506 e. The van der Waals surface area contributed by atoms with Crippen molar-refractivity contribution in [3.8, 4) is 17.0 Å². The fourth-order valence-corrected chi connectivity index (χ4v) is 4.07. The van der Waals surface area contributed by atoms with Crippen molar-refractivity contribution in [3.05, 3.63) is 23.6 Å². The number of nitrogens with one attached hydrogen (secondary N) is 1. The molecule has 0 saturated heterocycles. The van der Waals surface area contributed by atoms with Gasteiger partial charge in [-0.25, -0.2) is 13.4 Å². The third kappa shape index (κ3) is 2.56. The molecule has 1 fully saturated rings. The van der Waals surface area contributed by atoms with Crippen molar-refractivity contribution < 1.29 is 13.5 Å². The van der Waals surface area contributed by atoms with Crippen LogP contribution in [0.3, 0.4) is 0 Å². The molecule has 8 heteroatoms. The number of phenolic OH excluding ortho intramolecular Hbond substituents is 1. The first-order valence-electron chi connectivity index (χ1n) is 6.02. The maximum absolute atomic E-state index is 11.8. The standard InChI is InChI=1S/C12H13N3O3S2/c13-9-5-7(1-4-11(9)16)10-6-19-12(14-10)15-20(17,18)8-2-3-8/h1,4-6,8,16H,2-3,13H2,(H,14,15). The molecule has 1 aromatic carbocycles. The van der Waals surface area contributed by atoms with Gasteiger partial charge in [-0.1, -0.05) is 0 Å². The van der Waals surface area contributed by atoms with Crippen molar-refractivity contribution in [1.82, 2.24) is 4.98 Å². The molecular weight excluding hydrogens is 298 g/mol. The van der Waals surface area contributed by atoms with Gasteiger partial charge in [0.2, 0.25) is 10.0 Å². The molecule has 4 N–H and O–H groups in total. The number of rotatable bonds is 4. The Morgan fingerprint density at radius 1 is 1.40 bits per heavy atom. The lowest BCUT2D eigenvalue weighted by atomic mass is 10.1. The van der Waals surface area contributed by atoms with E-state index in [4.69, 9.17) is 5.73 Å². The Morgan fingerprint density at radius 3 is 2.80 bits per heavy atom. The molecule has 0 bridgehead atoms. The first-order chi connectivity index (χ1) is 9.45. The molecule has 1 heterocycles. The third-order valence-corrected chi connectivity index (χ3v) is 5.73. The van der Waals surface area contributed by atoms with Crippen LogP contribution in [0, 0.1) is 0 Å². The number of nitrogens with zero attached hydrogens (tertiary/aromatic N) is 1. The second-order valence-electron chi connectivity index (χ2n) is 4.66. The summed E-state index contributed by atoms with van der Waals surface area (Å²) < 4.78 is 26.1. The number of thiazole rings is 1. The van der Waals surface area contributed by atoms with Crippen molar-refractivity contribution in [2.24, 2.45) is 0 Å². The molecule has 2 aromatic rings. The molecule has 0 amide bonds. The number of aromatic hydroxyl groups is 1. The zero-order valence-corrected chi connectivity index (χ0v) is 12.0. The highest BCUT2D eigenvalue weighted by molar-refractivity contribution is 7.93. The number of nitrogens with two attached hydrogens (primary N) is 1. The summed E-state index contributed by atoms with van der Waals surface area (Å²) in [5.41, 5.74) is 7.24. The van der Waals surface area contributed by atoms with E-state index in [1.54, 1.807) is 17.5 Å². The number of nitrogen functional groups attached to an aromatic ring is 1. The van der Waals surface area contributed by atoms with E-state index in [2.05, 4.69) is 9.71 Å². The molecule has 1 saturated carbocycles. The van der Waals surface area contributed by atoms with Gasteiger partial charge in [0.1, 0.15) is 5.75 Å². The second-order valence-corrected chi connectivity index (χ2v) is 7.48. The van der Waals surface area contributed by atoms with E-state index in [9.17, 15) is 13.5 Å². The summed E-state index contributed by atoms with van der Waals surface area (Å²) >= 11 is 1.22. The number of hydrogen-bond acceptors (Lipinski definition) is 6. The summed E-state index contributed by atoms with van der Waals surface area (Å²) in [6.45, 7) is 0. The van der Waals surface area contributed by atoms with Crippen LogP contribution < -0.4 is 10.5 Å². The number of hydrogen-bond donors (Lipinski definition) is 3. The first kappa shape index (κ1) is 13.2. The van der Waals surface area contributed by atoms with Gasteiger partial charge >= 0.3 is 0 Å². The van der Waals surface area contributed by atoms with Crippen LogP contribution >= 0.6 is 11.3 Å². The summed E-state index contributed by atoms with van der Waals surface area (Å²) in [5, 5.41) is 11.2. The molecular formula is C12H13N3O3S2. The average Bonchev–Trinajstić information content (AvgIpc) is 3.15. The van der Waals surface area contributed by atoms with Crippen LogP contribution in [0.5, 0.6) is 5.75 Å². The predicted octanol–water partition coefficient (Wildman–Crippen LogP) is 2.00. The minimum absolute atomic E-state index is 0.0126. The van der Waals surface area contributed by atoms with Gasteiger partial charge in [0.25, 0.3) is 0 Å². The summed E-state index contributed by atoms with van der Waals surface area (Å²) in [4.78, 5) is 4.24. The summed E-state index contributed by atoms with van der Waals surface area (Å²) in [6, 6.07) is 4.77. The Hall–Kier alpha value is -1.80. The summed E-state index contributed by atoms with van der Waals surface area (Å²) in [7, 11) is -3.29. The van der Waals surface area contributed by atoms with Crippen LogP contribution in [-0.2, 0) is 10.0 Å². The SMILES string of the molecule is Nc1cc(-c2csc(NS(=O)(=O)C3CC3)n2)ccc1O. The highest BCUT2D eigenvalue weighted by atomic mass is 32.2. The monoisotopic (exact) mass is 311 g/mol. The van der Waals surface area contributed by atoms with Crippen LogP contribution in [0.25, 0.3) is 11.3 Å². The van der Waals surface area contributed by atoms with Gasteiger partial charge < -0.3 is 10.8 Å². The molecule has 0 spiro atoms. The molecule has 6 nitrogen and oxygen atoms in total. The van der Waals surface area contributed by atoms with Gasteiger partial charge in [-0.05, 0) is 31.0 Å². The van der Waals surface area contributed by atoms with E-state index in [0.717, 1.165) is 5.56 Å². The van der Waals surface area contributed by atoms with Gasteiger partial charge in [-0.15, -0.1) is 11.3 Å². The topological polar surface area (TPSA) is 105 Å². The number of sulfonamides is 1. The molecule has 0 aliphatic heterocycles. The zero-order valence-electron chi connectivity index (χ0n) is 10.4. The quantitative estimate of drug-likeness (QED) is 0.591. The van der Waals surface area contributed by atoms with Gasteiger partial charge in [-0.2, -0.15) is 0 Å². The Balaban J connectivity index is 1.84. The highest BCUT2D eigenvalue weighted by Gasteiger charge is 2.36. The van der Waals surface area contributed by atoms with Gasteiger partial charge in [-0.3, -0.25) is 4.72 Å². The van der Waals surface area contributed by atoms with Gasteiger partial charge in [0.05, 0.1) is 16.6 Å². The van der Waals surface area contributed by atoms with Gasteiger partial charge in [0.15, 0.2) is 5.13 Å². The number of phenols is 1. The fourth-order valence-electron chi connectivity index (χ4n) is 1.75. The Bertz CT molecular complexity index is 751. The Morgan fingerprint density at radius 2 is 2.15 bits per heavy atom. The molecule has 1 aromatic heterocycles. The molecule has 0 atom stereocenters. The lowest BCUT2D eigenvalue weighted by molar-refractivity contribution is 0.478. The van der Waals surface area contributed by atoms with Crippen molar-refractivity contribution in [1.29, 1.82) is 0 Å². The molecule has 1 aliphatic carbocycles. The summed E-state index contributed by atoms with van der Waals surface area (Å²) in [6.07, 6.45) is 1.42. The van der Waals surface area contributed by atoms with Crippen molar-refractivity contribution in [2.75, 3.05) is 10.5 Å². The number of anilines is 2. The smallest absolute Gasteiger partial charge is 0.237 e. The second kappa shape index (κ2) is 4.64. The maximum Gasteiger partial charge on any atom is 0.237 e. The lowest BCUT2D eigenvalue weighted by Crippen LogP contribution is -2.17. The summed E-state index contributed by atoms with van der Waals surface area (Å²) in [5.74, 6) is 0.0126. The van der Waals surface area contributed by atoms with E-state index < -0.39 is 10.0 Å². The van der Waals surface area contributed by atoms with Crippen molar-refractivity contribution in [2.45, 2.75) is 18.1 Å². The van der Waals surface area contributed by atoms with E-state index in [1.165, 1.54) is 17.4 Å². The Labute approximate surface area is 120 Å². The van der Waals surface area contributed by atoms with Crippen LogP contribution in [0.4, 0.5) is 10.8 Å². The van der Waals surface area contributed by atoms with Crippen molar-refractivity contribution >= 4 is 32.2 Å². The van der Waals surface area contributed by atoms with Crippen LogP contribution in [0.2, 0.25) is 0 Å². The molecule has 106 valence electrons. The maximum atomic E-state index is 11.8. The molecule has 0 unspecified atom stereocenters. The van der Waals surface area contributed by atoms with E-state index in [-0.39, 0.29) is 16.7 Å². The van der Waals surface area contributed by atoms with Crippen LogP contribution in [0.15, 0.2) is 23.6 Å². The number of benzene rings is 1. The minimum atomic E-state index is -3.29. The fraction of sp³-hybridized carbons (Fsp3) is 0.250. The van der Waals surface area contributed by atoms with E-state index in [1.807, 2.05) is 0 Å². The predicted molar refractivity (Wildman–Crippen MR) is 79.2 cm³/mol. The van der Waals surface area contributed by atoms with Crippen molar-refractivity contribution in [3.63, 3.8) is 0 Å². The van der Waals surface area contributed by atoms with Gasteiger partial charge in [0, 0.05) is 10.9 Å². The average molecular weight is 311 g/mol. The molecule has 0 radical (unpaired) electrons. The van der Waals surface area contributed by atoms with E-state index >= 15 is 0 Å². The molecule has 1 aliphatic rings. The third-order valence-electron chi connectivity index (χ3n) is 3.02. The highest BCUT2D eigenvalue weighted by Crippen LogP contribution is 2.33. The van der Waals surface area contributed by atoms with Crippen LogP contribution in [-0.4, -0.2) is 23.8 Å². The first-order valence-corrected chi connectivity index (χ1v) is 8.44. The molecule has 3 rings (SSSR count). The largest absolute Gasteiger partial charge is 0.506 e. The molecule has 20 heavy (non-hydrogen) atoms.